The Labute approximate surface area is 167 Å². The normalized spacial score (nSPS) is 18.8. The molecular weight excluding hydrogens is 506 g/mol. The first-order chi connectivity index (χ1) is 13.5. The molecule has 1 aliphatic rings. The Balaban J connectivity index is 3.38. The summed E-state index contributed by atoms with van der Waals surface area (Å²) in [5.41, 5.74) is 0.911. The van der Waals surface area contributed by atoms with Crippen molar-refractivity contribution in [2.24, 2.45) is 0 Å². The molecule has 0 radical (unpaired) electrons. The van der Waals surface area contributed by atoms with Gasteiger partial charge in [-0.05, 0) is 11.6 Å². The zero-order chi connectivity index (χ0) is 24.9. The third-order valence-corrected chi connectivity index (χ3v) is 4.12. The number of nitrogens with zero attached hydrogens (tertiary/aromatic N) is 1. The van der Waals surface area contributed by atoms with Gasteiger partial charge in [-0.25, -0.2) is 5.01 Å². The molecule has 1 N–H and O–H groups in total. The molecule has 4 nitrogen and oxygen atoms in total. The fraction of sp³-hybridized carbons (Fsp3) is 0.917. The second-order valence-electron chi connectivity index (χ2n) is 5.98. The van der Waals surface area contributed by atoms with Crippen LogP contribution in [0.25, 0.3) is 0 Å². The molecule has 0 bridgehead atoms. The summed E-state index contributed by atoms with van der Waals surface area (Å²) < 4.78 is 190. The molecule has 1 amide bonds. The molecule has 0 unspecified atom stereocenters. The van der Waals surface area contributed by atoms with Gasteiger partial charge < -0.3 is 4.74 Å². The van der Waals surface area contributed by atoms with Crippen LogP contribution in [-0.2, 0) is 9.53 Å². The number of ether oxygens (including phenoxy) is 1. The number of rotatable bonds is 8. The van der Waals surface area contributed by atoms with Crippen molar-refractivity contribution in [1.29, 1.82) is 0 Å². The summed E-state index contributed by atoms with van der Waals surface area (Å²) in [7, 11) is 0. The van der Waals surface area contributed by atoms with Crippen LogP contribution >= 0.6 is 11.6 Å². The Morgan fingerprint density at radius 1 is 0.677 bits per heavy atom. The van der Waals surface area contributed by atoms with Crippen molar-refractivity contribution in [1.82, 2.24) is 10.4 Å². The molecule has 1 fully saturated rings. The molecule has 0 aromatic heterocycles. The zero-order valence-corrected chi connectivity index (χ0v) is 15.0. The van der Waals surface area contributed by atoms with Crippen molar-refractivity contribution >= 4 is 17.5 Å². The van der Waals surface area contributed by atoms with Crippen LogP contribution in [0, 0.1) is 0 Å². The Kier molecular flexibility index (Phi) is 7.09. The van der Waals surface area contributed by atoms with E-state index in [1.807, 2.05) is 0 Å². The van der Waals surface area contributed by atoms with Gasteiger partial charge in [0, 0.05) is 13.1 Å². The minimum atomic E-state index is -8.27. The predicted octanol–water partition coefficient (Wildman–Crippen LogP) is 3.99. The van der Waals surface area contributed by atoms with Gasteiger partial charge in [0.15, 0.2) is 0 Å². The van der Waals surface area contributed by atoms with Gasteiger partial charge in [0.25, 0.3) is 0 Å². The van der Waals surface area contributed by atoms with Crippen LogP contribution in [0.2, 0.25) is 0 Å². The minimum Gasteiger partial charge on any atom is -0.379 e. The van der Waals surface area contributed by atoms with Crippen LogP contribution in [0.5, 0.6) is 0 Å². The highest BCUT2D eigenvalue weighted by atomic mass is 35.5. The van der Waals surface area contributed by atoms with Crippen molar-refractivity contribution in [3.05, 3.63) is 0 Å². The van der Waals surface area contributed by atoms with Gasteiger partial charge in [-0.2, -0.15) is 61.5 Å². The first-order valence-electron chi connectivity index (χ1n) is 7.47. The van der Waals surface area contributed by atoms with Crippen LogP contribution in [0.4, 0.5) is 61.5 Å². The lowest BCUT2D eigenvalue weighted by molar-refractivity contribution is -0.431. The number of hydrogen-bond acceptors (Lipinski definition) is 3. The van der Waals surface area contributed by atoms with Gasteiger partial charge in [0.05, 0.1) is 13.2 Å². The molecule has 1 rings (SSSR count). The van der Waals surface area contributed by atoms with Gasteiger partial charge in [-0.1, -0.05) is 0 Å². The quantitative estimate of drug-likeness (QED) is 0.394. The lowest BCUT2D eigenvalue weighted by Crippen LogP contribution is -2.74. The summed E-state index contributed by atoms with van der Waals surface area (Å²) in [4.78, 5) is 11.3. The van der Waals surface area contributed by atoms with Crippen molar-refractivity contribution in [2.75, 3.05) is 26.3 Å². The molecule has 1 heterocycles. The van der Waals surface area contributed by atoms with Gasteiger partial charge in [-0.15, -0.1) is 0 Å². The topological polar surface area (TPSA) is 41.6 Å². The first-order valence-corrected chi connectivity index (χ1v) is 7.85. The van der Waals surface area contributed by atoms with E-state index in [0.29, 0.717) is 5.01 Å². The van der Waals surface area contributed by atoms with Gasteiger partial charge in [0.2, 0.25) is 0 Å². The largest absolute Gasteiger partial charge is 0.394 e. The smallest absolute Gasteiger partial charge is 0.379 e. The molecule has 0 saturated carbocycles. The maximum atomic E-state index is 13.7. The number of amides is 1. The lowest BCUT2D eigenvalue weighted by atomic mass is 9.91. The monoisotopic (exact) mass is 514 g/mol. The molecule has 0 spiro atoms. The third kappa shape index (κ3) is 4.09. The Morgan fingerprint density at radius 3 is 1.42 bits per heavy atom. The highest BCUT2D eigenvalue weighted by molar-refractivity contribution is 6.22. The minimum absolute atomic E-state index is 0.301. The van der Waals surface area contributed by atoms with Crippen LogP contribution < -0.4 is 5.43 Å². The van der Waals surface area contributed by atoms with E-state index in [0.717, 1.165) is 5.43 Å². The van der Waals surface area contributed by atoms with E-state index >= 15 is 0 Å². The highest BCUT2D eigenvalue weighted by Crippen LogP contribution is 2.62. The molecule has 1 aliphatic heterocycles. The first kappa shape index (κ1) is 27.7. The Hall–Kier alpha value is -1.30. The summed E-state index contributed by atoms with van der Waals surface area (Å²) in [6, 6.07) is 0. The number of carbonyl (C=O) groups is 1. The zero-order valence-electron chi connectivity index (χ0n) is 14.3. The molecule has 19 heteroatoms. The number of halogens is 15. The summed E-state index contributed by atoms with van der Waals surface area (Å²) in [6.45, 7) is -1.58. The van der Waals surface area contributed by atoms with Crippen LogP contribution in [0.1, 0.15) is 0 Å². The second kappa shape index (κ2) is 7.93. The average molecular weight is 515 g/mol. The molecule has 31 heavy (non-hydrogen) atoms. The van der Waals surface area contributed by atoms with E-state index < -0.39 is 59.9 Å². The lowest BCUT2D eigenvalue weighted by Gasteiger charge is -2.41. The van der Waals surface area contributed by atoms with E-state index in [1.54, 1.807) is 0 Å². The molecule has 184 valence electrons. The van der Waals surface area contributed by atoms with Crippen molar-refractivity contribution < 1.29 is 71.0 Å². The molecule has 0 aromatic rings. The Morgan fingerprint density at radius 2 is 1.03 bits per heavy atom. The van der Waals surface area contributed by atoms with E-state index in [1.165, 1.54) is 0 Å². The van der Waals surface area contributed by atoms with Gasteiger partial charge in [0.1, 0.15) is 0 Å². The molecule has 0 aromatic carbocycles. The summed E-state index contributed by atoms with van der Waals surface area (Å²) in [6.07, 6.45) is 0. The van der Waals surface area contributed by atoms with E-state index in [4.69, 9.17) is 0 Å². The number of hydrogen-bond donors (Lipinski definition) is 1. The van der Waals surface area contributed by atoms with Crippen molar-refractivity contribution in [3.63, 3.8) is 0 Å². The number of alkyl halides is 15. The highest BCUT2D eigenvalue weighted by Gasteiger charge is 2.93. The number of nitrogens with one attached hydrogen (secondary N) is 1. The number of morpholine rings is 1. The molecule has 0 atom stereocenters. The van der Waals surface area contributed by atoms with Crippen molar-refractivity contribution in [3.8, 4) is 0 Å². The van der Waals surface area contributed by atoms with E-state index in [2.05, 4.69) is 16.3 Å². The third-order valence-electron chi connectivity index (χ3n) is 3.88. The molecule has 0 aliphatic carbocycles. The summed E-state index contributed by atoms with van der Waals surface area (Å²) >= 11 is 3.47. The maximum Gasteiger partial charge on any atom is 0.394 e. The maximum absolute atomic E-state index is 13.7. The fourth-order valence-electron chi connectivity index (χ4n) is 2.00. The average Bonchev–Trinajstić information content (AvgIpc) is 2.60. The molecule has 1 saturated heterocycles. The van der Waals surface area contributed by atoms with Crippen molar-refractivity contribution in [2.45, 2.75) is 40.9 Å². The number of carbonyl (C=O) groups excluding carboxylic acids is 1. The van der Waals surface area contributed by atoms with Crippen LogP contribution in [0.3, 0.4) is 0 Å². The summed E-state index contributed by atoms with van der Waals surface area (Å²) in [5.74, 6) is -50.3. The van der Waals surface area contributed by atoms with Crippen LogP contribution in [0.15, 0.2) is 0 Å². The van der Waals surface area contributed by atoms with Crippen LogP contribution in [-0.4, -0.2) is 78.1 Å². The summed E-state index contributed by atoms with van der Waals surface area (Å²) in [5, 5.41) is -6.33. The van der Waals surface area contributed by atoms with Gasteiger partial charge >= 0.3 is 46.8 Å². The van der Waals surface area contributed by atoms with Gasteiger partial charge in [-0.3, -0.25) is 10.2 Å². The van der Waals surface area contributed by atoms with E-state index in [9.17, 15) is 66.3 Å². The fourth-order valence-corrected chi connectivity index (χ4v) is 2.12. The second-order valence-corrected chi connectivity index (χ2v) is 6.46. The Bertz CT molecular complexity index is 675. The number of hydrazine groups is 1. The standard InChI is InChI=1S/C12H9ClF14N2O2/c13-12(26,27)11(24,25)10(22,23)9(20,21)8(18,19)7(16,17)6(14,15)5(30)28-29-1-3-31-4-2-29/h1-4H2,(H,28,30). The predicted molar refractivity (Wildman–Crippen MR) is 71.0 cm³/mol. The SMILES string of the molecule is O=C(NN1CCOCC1)C(F)(F)C(F)(F)C(F)(F)C(F)(F)C(F)(F)C(F)(F)C(F)(F)Cl. The van der Waals surface area contributed by atoms with E-state index in [-0.39, 0.29) is 13.2 Å². The molecular formula is C12H9ClF14N2O2.